The molecule has 0 spiro atoms. The zero-order chi connectivity index (χ0) is 48.4. The molecule has 5 N–H and O–H groups in total. The molecule has 2 aliphatic heterocycles. The topological polar surface area (TPSA) is 239 Å². The number of benzene rings is 1. The second-order valence-corrected chi connectivity index (χ2v) is 23.3. The van der Waals surface area contributed by atoms with Gasteiger partial charge in [0.2, 0.25) is 5.91 Å². The number of aromatic amines is 1. The van der Waals surface area contributed by atoms with E-state index < -0.39 is 59.9 Å². The number of hydrogen-bond donors (Lipinski definition) is 5. The number of nitrogens with zero attached hydrogens (tertiary/aromatic N) is 1. The molecule has 3 amide bonds. The number of thiophene rings is 1. The van der Waals surface area contributed by atoms with Crippen molar-refractivity contribution in [2.45, 2.75) is 121 Å². The summed E-state index contributed by atoms with van der Waals surface area (Å²) in [6.07, 6.45) is 0.578. The van der Waals surface area contributed by atoms with Gasteiger partial charge in [0.05, 0.1) is 27.2 Å². The number of ether oxygens (including phenoxy) is 2. The average molecular weight is 959 g/mol. The van der Waals surface area contributed by atoms with Crippen molar-refractivity contribution in [2.24, 2.45) is 10.8 Å². The molecule has 0 fully saturated rings. The van der Waals surface area contributed by atoms with Crippen LogP contribution in [-0.4, -0.2) is 100 Å². The van der Waals surface area contributed by atoms with Crippen LogP contribution in [0.2, 0.25) is 0 Å². The van der Waals surface area contributed by atoms with Crippen LogP contribution in [0.25, 0.3) is 11.6 Å². The van der Waals surface area contributed by atoms with Gasteiger partial charge in [-0.15, -0.1) is 11.3 Å². The summed E-state index contributed by atoms with van der Waals surface area (Å²) in [6.45, 7) is 22.1. The number of aryl methyl sites for hydroxylation is 1. The van der Waals surface area contributed by atoms with Crippen molar-refractivity contribution in [3.63, 3.8) is 0 Å². The van der Waals surface area contributed by atoms with E-state index in [-0.39, 0.29) is 51.3 Å². The van der Waals surface area contributed by atoms with Gasteiger partial charge in [0.15, 0.2) is 9.84 Å². The summed E-state index contributed by atoms with van der Waals surface area (Å²) in [5.41, 5.74) is 1.25. The molecule has 4 heterocycles. The minimum Gasteiger partial charge on any atom is -0.461 e. The molecule has 0 saturated carbocycles. The lowest BCUT2D eigenvalue weighted by Gasteiger charge is -2.32. The van der Waals surface area contributed by atoms with E-state index in [0.29, 0.717) is 69.3 Å². The summed E-state index contributed by atoms with van der Waals surface area (Å²) in [6, 6.07) is 5.62. The molecule has 0 radical (unpaired) electrons. The van der Waals surface area contributed by atoms with Gasteiger partial charge >= 0.3 is 11.9 Å². The van der Waals surface area contributed by atoms with Crippen LogP contribution in [-0.2, 0) is 43.8 Å². The van der Waals surface area contributed by atoms with Crippen LogP contribution in [0.3, 0.4) is 0 Å². The van der Waals surface area contributed by atoms with Crippen LogP contribution in [0.15, 0.2) is 32.7 Å². The molecule has 0 aliphatic carbocycles. The first-order chi connectivity index (χ1) is 30.3. The zero-order valence-corrected chi connectivity index (χ0v) is 41.4. The Bertz CT molecular complexity index is 2610. The van der Waals surface area contributed by atoms with Gasteiger partial charge in [-0.25, -0.2) is 21.6 Å². The molecule has 3 atom stereocenters. The number of nitrogens with one attached hydrogen (secondary N) is 5. The van der Waals surface area contributed by atoms with Crippen molar-refractivity contribution in [3.8, 4) is 5.75 Å². The van der Waals surface area contributed by atoms with E-state index >= 15 is 0 Å². The number of carbonyl (C=O) groups is 5. The number of hydrogen-bond acceptors (Lipinski definition) is 14. The lowest BCUT2D eigenvalue weighted by atomic mass is 9.85. The molecule has 20 heteroatoms. The van der Waals surface area contributed by atoms with Crippen molar-refractivity contribution in [3.05, 3.63) is 57.9 Å². The maximum Gasteiger partial charge on any atom is 0.311 e. The van der Waals surface area contributed by atoms with Gasteiger partial charge in [-0.2, -0.15) is 0 Å². The number of amides is 3. The first-order valence-corrected chi connectivity index (χ1v) is 25.6. The quantitative estimate of drug-likeness (QED) is 0.0556. The molecule has 0 saturated heterocycles. The number of esters is 2. The fourth-order valence-electron chi connectivity index (χ4n) is 7.56. The van der Waals surface area contributed by atoms with Crippen LogP contribution in [0.1, 0.15) is 126 Å². The van der Waals surface area contributed by atoms with E-state index in [1.807, 2.05) is 6.92 Å². The summed E-state index contributed by atoms with van der Waals surface area (Å²) >= 11 is 0.591. The fraction of sp³-hybridized carbons (Fsp3) is 0.533. The SMILES string of the molecule is CCN[C@H]1C[C@H](C)S(=O)(=O)c2sc(S(=O)(=O)NC(=O)C(C)(C)C(C)OC(=O)C(C)(C)CCC(=O)Oc3ccc4c(c3)/C(=C/c3[nH]c(C)c(C(=O)NCCN(CC)CC)c3C)C(=O)N4)cc21. The van der Waals surface area contributed by atoms with Crippen molar-refractivity contribution in [2.75, 3.05) is 38.0 Å². The van der Waals surface area contributed by atoms with Crippen molar-refractivity contribution >= 4 is 78.2 Å². The summed E-state index contributed by atoms with van der Waals surface area (Å²) in [7, 11) is -8.29. The number of H-pyrrole nitrogens is 1. The maximum absolute atomic E-state index is 13.5. The van der Waals surface area contributed by atoms with E-state index in [9.17, 15) is 40.8 Å². The molecule has 356 valence electrons. The summed E-state index contributed by atoms with van der Waals surface area (Å²) in [5.74, 6) is -2.79. The Kier molecular flexibility index (Phi) is 15.7. The highest BCUT2D eigenvalue weighted by Gasteiger charge is 2.44. The highest BCUT2D eigenvalue weighted by Crippen LogP contribution is 2.43. The third kappa shape index (κ3) is 11.0. The van der Waals surface area contributed by atoms with Crippen molar-refractivity contribution < 1.29 is 50.3 Å². The van der Waals surface area contributed by atoms with Crippen LogP contribution < -0.4 is 25.4 Å². The van der Waals surface area contributed by atoms with Gasteiger partial charge in [-0.1, -0.05) is 20.8 Å². The van der Waals surface area contributed by atoms with Gasteiger partial charge in [0.25, 0.3) is 21.8 Å². The van der Waals surface area contributed by atoms with Crippen LogP contribution in [0.4, 0.5) is 5.69 Å². The Hall–Kier alpha value is -4.89. The summed E-state index contributed by atoms with van der Waals surface area (Å²) in [5, 5.41) is 8.27. The van der Waals surface area contributed by atoms with E-state index in [0.717, 1.165) is 19.6 Å². The molecule has 5 rings (SSSR count). The Morgan fingerprint density at radius 1 is 1.06 bits per heavy atom. The molecule has 0 bridgehead atoms. The molecule has 17 nitrogen and oxygen atoms in total. The molecule has 65 heavy (non-hydrogen) atoms. The second kappa shape index (κ2) is 19.9. The number of carbonyl (C=O) groups excluding carboxylic acids is 5. The van der Waals surface area contributed by atoms with E-state index in [4.69, 9.17) is 9.47 Å². The van der Waals surface area contributed by atoms with Gasteiger partial charge in [0.1, 0.15) is 20.3 Å². The van der Waals surface area contributed by atoms with E-state index in [2.05, 4.69) is 44.4 Å². The largest absolute Gasteiger partial charge is 0.461 e. The number of aromatic nitrogens is 1. The Labute approximate surface area is 385 Å². The minimum absolute atomic E-state index is 0.0101. The fourth-order valence-corrected chi connectivity index (χ4v) is 12.7. The predicted molar refractivity (Wildman–Crippen MR) is 249 cm³/mol. The lowest BCUT2D eigenvalue weighted by Crippen LogP contribution is -2.48. The third-order valence-electron chi connectivity index (χ3n) is 12.4. The van der Waals surface area contributed by atoms with Gasteiger partial charge in [0, 0.05) is 53.8 Å². The van der Waals surface area contributed by atoms with Gasteiger partial charge in [-0.05, 0) is 124 Å². The number of sulfone groups is 1. The van der Waals surface area contributed by atoms with Crippen molar-refractivity contribution in [1.29, 1.82) is 0 Å². The highest BCUT2D eigenvalue weighted by molar-refractivity contribution is 7.95. The number of likely N-dealkylation sites (N-methyl/N-ethyl adjacent to an activating group) is 1. The van der Waals surface area contributed by atoms with Crippen molar-refractivity contribution in [1.82, 2.24) is 25.2 Å². The summed E-state index contributed by atoms with van der Waals surface area (Å²) < 4.78 is 66.2. The van der Waals surface area contributed by atoms with Gasteiger partial charge in [-0.3, -0.25) is 24.0 Å². The van der Waals surface area contributed by atoms with E-state index in [1.165, 1.54) is 32.9 Å². The predicted octanol–water partition coefficient (Wildman–Crippen LogP) is 5.65. The third-order valence-corrected chi connectivity index (χ3v) is 18.1. The lowest BCUT2D eigenvalue weighted by molar-refractivity contribution is -0.167. The molecule has 1 unspecified atom stereocenters. The van der Waals surface area contributed by atoms with Crippen LogP contribution in [0.5, 0.6) is 5.75 Å². The molecular formula is C45H62N6O11S3. The molecule has 2 aliphatic rings. The van der Waals surface area contributed by atoms with E-state index in [1.54, 1.807) is 52.8 Å². The number of fused-ring (bicyclic) bond motifs is 2. The summed E-state index contributed by atoms with van der Waals surface area (Å²) in [4.78, 5) is 71.8. The van der Waals surface area contributed by atoms with Crippen LogP contribution >= 0.6 is 11.3 Å². The normalized spacial score (nSPS) is 18.2. The Balaban J connectivity index is 1.19. The van der Waals surface area contributed by atoms with Gasteiger partial charge < -0.3 is 35.3 Å². The molecule has 1 aromatic carbocycles. The number of sulfonamides is 1. The average Bonchev–Trinajstić information content (AvgIpc) is 3.91. The Morgan fingerprint density at radius 3 is 2.38 bits per heavy atom. The highest BCUT2D eigenvalue weighted by atomic mass is 32.3. The molecule has 2 aromatic heterocycles. The standard InChI is InChI=1S/C45H62N6O11S3/c1-12-46-35-21-25(4)64(57,58)41-32(35)24-37(63-41)65(59,60)50-42(55)45(10,11)28(7)61-43(56)44(8,9)18-17-36(52)62-29-15-16-33-30(22-29)31(39(53)49-33)23-34-26(5)38(27(6)48-34)40(54)47-19-20-51(13-2)14-3/h15-16,22-25,28,35,46,48H,12-14,17-21H2,1-11H3,(H,47,54)(H,49,53)(H,50,55)/b31-23-/t25-,28?,35-/m0/s1. The molecule has 3 aromatic rings. The number of rotatable bonds is 19. The smallest absolute Gasteiger partial charge is 0.311 e. The molecular weight excluding hydrogens is 897 g/mol. The van der Waals surface area contributed by atoms with Crippen LogP contribution in [0, 0.1) is 24.7 Å². The first-order valence-electron chi connectivity index (χ1n) is 21.8. The minimum atomic E-state index is -4.52. The monoisotopic (exact) mass is 958 g/mol. The maximum atomic E-state index is 13.5. The second-order valence-electron chi connectivity index (χ2n) is 17.7. The Morgan fingerprint density at radius 2 is 1.74 bits per heavy atom. The first kappa shape index (κ1) is 51.1. The zero-order valence-electron chi connectivity index (χ0n) is 38.9. The number of anilines is 1.